The standard InChI is InChI=1S/C10H9NO3/c1-2-8-6-3-4-9(13)7(5-12)10(6)14-11-8/h3-5,13H,2H2,1H3. The molecule has 1 aromatic carbocycles. The fourth-order valence-electron chi connectivity index (χ4n) is 1.43. The average Bonchev–Trinajstić information content (AvgIpc) is 2.60. The summed E-state index contributed by atoms with van der Waals surface area (Å²) in [7, 11) is 0. The fourth-order valence-corrected chi connectivity index (χ4v) is 1.43. The Morgan fingerprint density at radius 1 is 1.57 bits per heavy atom. The molecule has 1 heterocycles. The summed E-state index contributed by atoms with van der Waals surface area (Å²) in [6.07, 6.45) is 1.30. The van der Waals surface area contributed by atoms with Crippen LogP contribution in [0.15, 0.2) is 16.7 Å². The van der Waals surface area contributed by atoms with Crippen LogP contribution >= 0.6 is 0 Å². The highest BCUT2D eigenvalue weighted by Crippen LogP contribution is 2.27. The average molecular weight is 191 g/mol. The summed E-state index contributed by atoms with van der Waals surface area (Å²) in [5.74, 6) is -0.0775. The molecule has 1 N–H and O–H groups in total. The molecule has 0 bridgehead atoms. The maximum atomic E-state index is 10.7. The molecule has 1 aromatic heterocycles. The van der Waals surface area contributed by atoms with Gasteiger partial charge in [0.2, 0.25) is 0 Å². The van der Waals surface area contributed by atoms with Gasteiger partial charge in [-0.05, 0) is 18.6 Å². The largest absolute Gasteiger partial charge is 0.507 e. The lowest BCUT2D eigenvalue weighted by Gasteiger charge is -1.96. The molecule has 0 saturated heterocycles. The number of benzene rings is 1. The first-order valence-electron chi connectivity index (χ1n) is 4.33. The number of carbonyl (C=O) groups is 1. The van der Waals surface area contributed by atoms with Crippen molar-refractivity contribution in [1.82, 2.24) is 5.16 Å². The van der Waals surface area contributed by atoms with E-state index in [9.17, 15) is 9.90 Å². The molecule has 4 heteroatoms. The van der Waals surface area contributed by atoms with Gasteiger partial charge in [0.05, 0.1) is 5.69 Å². The maximum Gasteiger partial charge on any atom is 0.181 e. The summed E-state index contributed by atoms with van der Waals surface area (Å²) in [5.41, 5.74) is 1.31. The molecule has 2 aromatic rings. The van der Waals surface area contributed by atoms with E-state index < -0.39 is 0 Å². The Labute approximate surface area is 80.1 Å². The van der Waals surface area contributed by atoms with Crippen molar-refractivity contribution in [2.45, 2.75) is 13.3 Å². The lowest BCUT2D eigenvalue weighted by Crippen LogP contribution is -1.83. The molecule has 0 spiro atoms. The third kappa shape index (κ3) is 1.08. The first kappa shape index (κ1) is 8.74. The predicted octanol–water partition coefficient (Wildman–Crippen LogP) is 1.91. The van der Waals surface area contributed by atoms with E-state index in [2.05, 4.69) is 5.16 Å². The van der Waals surface area contributed by atoms with Gasteiger partial charge in [-0.25, -0.2) is 0 Å². The van der Waals surface area contributed by atoms with Gasteiger partial charge in [0.15, 0.2) is 11.9 Å². The van der Waals surface area contributed by atoms with Crippen molar-refractivity contribution in [2.75, 3.05) is 0 Å². The Kier molecular flexibility index (Phi) is 1.96. The molecule has 4 nitrogen and oxygen atoms in total. The highest BCUT2D eigenvalue weighted by atomic mass is 16.5. The minimum Gasteiger partial charge on any atom is -0.507 e. The summed E-state index contributed by atoms with van der Waals surface area (Å²) >= 11 is 0. The number of hydrogen-bond donors (Lipinski definition) is 1. The van der Waals surface area contributed by atoms with E-state index in [0.717, 1.165) is 17.5 Å². The Bertz CT molecular complexity index is 487. The minimum atomic E-state index is -0.0775. The highest BCUT2D eigenvalue weighted by Gasteiger charge is 2.13. The molecule has 14 heavy (non-hydrogen) atoms. The molecule has 0 atom stereocenters. The van der Waals surface area contributed by atoms with Crippen LogP contribution in [0.1, 0.15) is 23.0 Å². The summed E-state index contributed by atoms with van der Waals surface area (Å²) in [6, 6.07) is 3.18. The second-order valence-electron chi connectivity index (χ2n) is 2.98. The zero-order chi connectivity index (χ0) is 10.1. The van der Waals surface area contributed by atoms with Crippen LogP contribution in [0.25, 0.3) is 11.0 Å². The van der Waals surface area contributed by atoms with Gasteiger partial charge in [0, 0.05) is 5.39 Å². The number of aldehydes is 1. The molecule has 0 fully saturated rings. The minimum absolute atomic E-state index is 0.0775. The van der Waals surface area contributed by atoms with E-state index in [1.807, 2.05) is 6.92 Å². The van der Waals surface area contributed by atoms with Crippen molar-refractivity contribution in [2.24, 2.45) is 0 Å². The van der Waals surface area contributed by atoms with Crippen molar-refractivity contribution >= 4 is 17.3 Å². The van der Waals surface area contributed by atoms with Gasteiger partial charge < -0.3 is 9.63 Å². The van der Waals surface area contributed by atoms with Crippen molar-refractivity contribution in [3.63, 3.8) is 0 Å². The second-order valence-corrected chi connectivity index (χ2v) is 2.98. The molecule has 0 aliphatic rings. The van der Waals surface area contributed by atoms with Crippen LogP contribution in [0.5, 0.6) is 5.75 Å². The smallest absolute Gasteiger partial charge is 0.181 e. The monoisotopic (exact) mass is 191 g/mol. The number of aromatic hydroxyl groups is 1. The van der Waals surface area contributed by atoms with Gasteiger partial charge in [-0.2, -0.15) is 0 Å². The molecule has 0 amide bonds. The summed E-state index contributed by atoms with van der Waals surface area (Å²) in [4.78, 5) is 10.7. The summed E-state index contributed by atoms with van der Waals surface area (Å²) < 4.78 is 5.00. The third-order valence-electron chi connectivity index (χ3n) is 2.18. The molecule has 0 radical (unpaired) electrons. The van der Waals surface area contributed by atoms with Gasteiger partial charge in [0.25, 0.3) is 0 Å². The number of fused-ring (bicyclic) bond motifs is 1. The Morgan fingerprint density at radius 2 is 2.36 bits per heavy atom. The summed E-state index contributed by atoms with van der Waals surface area (Å²) in [5, 5.41) is 14.0. The van der Waals surface area contributed by atoms with Crippen LogP contribution in [0.2, 0.25) is 0 Å². The Balaban J connectivity index is 2.83. The van der Waals surface area contributed by atoms with Crippen molar-refractivity contribution < 1.29 is 14.4 Å². The van der Waals surface area contributed by atoms with E-state index in [1.165, 1.54) is 6.07 Å². The van der Waals surface area contributed by atoms with Crippen LogP contribution in [0.3, 0.4) is 0 Å². The molecular weight excluding hydrogens is 182 g/mol. The number of nitrogens with zero attached hydrogens (tertiary/aromatic N) is 1. The van der Waals surface area contributed by atoms with E-state index in [1.54, 1.807) is 6.07 Å². The van der Waals surface area contributed by atoms with Crippen molar-refractivity contribution in [3.05, 3.63) is 23.4 Å². The number of phenolic OH excluding ortho intramolecular Hbond substituents is 1. The van der Waals surface area contributed by atoms with Gasteiger partial charge in [-0.1, -0.05) is 12.1 Å². The zero-order valence-electron chi connectivity index (χ0n) is 7.65. The number of carbonyl (C=O) groups excluding carboxylic acids is 1. The molecule has 0 saturated carbocycles. The normalized spacial score (nSPS) is 10.6. The van der Waals surface area contributed by atoms with E-state index in [4.69, 9.17) is 4.52 Å². The number of hydrogen-bond acceptors (Lipinski definition) is 4. The molecule has 72 valence electrons. The molecule has 0 aliphatic heterocycles. The van der Waals surface area contributed by atoms with Crippen molar-refractivity contribution in [3.8, 4) is 5.75 Å². The molecule has 0 unspecified atom stereocenters. The fraction of sp³-hybridized carbons (Fsp3) is 0.200. The van der Waals surface area contributed by atoms with Crippen LogP contribution < -0.4 is 0 Å². The van der Waals surface area contributed by atoms with Gasteiger partial charge in [-0.15, -0.1) is 0 Å². The highest BCUT2D eigenvalue weighted by molar-refractivity contribution is 5.98. The number of phenols is 1. The van der Waals surface area contributed by atoms with Gasteiger partial charge >= 0.3 is 0 Å². The first-order valence-corrected chi connectivity index (χ1v) is 4.33. The number of aromatic nitrogens is 1. The van der Waals surface area contributed by atoms with E-state index in [-0.39, 0.29) is 11.3 Å². The SMILES string of the molecule is CCc1noc2c(C=O)c(O)ccc12. The van der Waals surface area contributed by atoms with Gasteiger partial charge in [-0.3, -0.25) is 4.79 Å². The number of aryl methyl sites for hydroxylation is 1. The van der Waals surface area contributed by atoms with Crippen LogP contribution in [0, 0.1) is 0 Å². The van der Waals surface area contributed by atoms with Gasteiger partial charge in [0.1, 0.15) is 11.3 Å². The zero-order valence-corrected chi connectivity index (χ0v) is 7.65. The molecule has 0 aliphatic carbocycles. The van der Waals surface area contributed by atoms with Crippen LogP contribution in [-0.4, -0.2) is 16.5 Å². The lowest BCUT2D eigenvalue weighted by atomic mass is 10.1. The van der Waals surface area contributed by atoms with Crippen LogP contribution in [0.4, 0.5) is 0 Å². The maximum absolute atomic E-state index is 10.7. The summed E-state index contributed by atoms with van der Waals surface area (Å²) in [6.45, 7) is 1.95. The van der Waals surface area contributed by atoms with E-state index in [0.29, 0.717) is 11.9 Å². The molecule has 2 rings (SSSR count). The van der Waals surface area contributed by atoms with Crippen LogP contribution in [-0.2, 0) is 6.42 Å². The third-order valence-corrected chi connectivity index (χ3v) is 2.18. The van der Waals surface area contributed by atoms with E-state index >= 15 is 0 Å². The van der Waals surface area contributed by atoms with Crippen molar-refractivity contribution in [1.29, 1.82) is 0 Å². The number of rotatable bonds is 2. The Hall–Kier alpha value is -1.84. The predicted molar refractivity (Wildman–Crippen MR) is 50.4 cm³/mol. The molecular formula is C10H9NO3. The topological polar surface area (TPSA) is 63.3 Å². The first-order chi connectivity index (χ1) is 6.77. The lowest BCUT2D eigenvalue weighted by molar-refractivity contribution is 0.112. The quantitative estimate of drug-likeness (QED) is 0.736. The Morgan fingerprint density at radius 3 is 3.00 bits per heavy atom. The second kappa shape index (κ2) is 3.14.